The van der Waals surface area contributed by atoms with E-state index in [1.54, 1.807) is 25.1 Å². The number of ketones is 1. The third-order valence-corrected chi connectivity index (χ3v) is 7.01. The molecule has 174 valence electrons. The summed E-state index contributed by atoms with van der Waals surface area (Å²) in [6.45, 7) is 3.91. The van der Waals surface area contributed by atoms with Crippen LogP contribution in [-0.4, -0.2) is 22.2 Å². The van der Waals surface area contributed by atoms with E-state index < -0.39 is 5.56 Å². The molecule has 1 aromatic heterocycles. The van der Waals surface area contributed by atoms with Gasteiger partial charge in [0.25, 0.3) is 5.56 Å². The molecule has 1 fully saturated rings. The van der Waals surface area contributed by atoms with Crippen molar-refractivity contribution < 1.29 is 19.4 Å². The van der Waals surface area contributed by atoms with E-state index in [-0.39, 0.29) is 47.6 Å². The van der Waals surface area contributed by atoms with Crippen LogP contribution < -0.4 is 15.0 Å². The Morgan fingerprint density at radius 3 is 2.64 bits per heavy atom. The van der Waals surface area contributed by atoms with Crippen molar-refractivity contribution in [2.24, 2.45) is 11.8 Å². The zero-order valence-electron chi connectivity index (χ0n) is 19.2. The van der Waals surface area contributed by atoms with Gasteiger partial charge in [-0.25, -0.2) is 0 Å². The molecule has 0 amide bonds. The van der Waals surface area contributed by atoms with Gasteiger partial charge in [-0.2, -0.15) is 5.26 Å². The third kappa shape index (κ3) is 4.47. The zero-order valence-corrected chi connectivity index (χ0v) is 19.2. The number of carbonyl (C=O) groups is 1. The number of unbranched alkanes of at least 4 members (excludes halogenated alkanes) is 1. The molecule has 0 atom stereocenters. The van der Waals surface area contributed by atoms with Crippen LogP contribution in [-0.2, 0) is 6.54 Å². The highest BCUT2D eigenvalue weighted by molar-refractivity contribution is 6.01. The summed E-state index contributed by atoms with van der Waals surface area (Å²) < 4.78 is 11.8. The first-order chi connectivity index (χ1) is 15.9. The molecular formula is C26H30N2O5. The summed E-state index contributed by atoms with van der Waals surface area (Å²) in [5, 5.41) is 20.7. The minimum atomic E-state index is -0.606. The number of rotatable bonds is 7. The van der Waals surface area contributed by atoms with E-state index in [1.165, 1.54) is 19.3 Å². The first-order valence-electron chi connectivity index (χ1n) is 11.7. The predicted octanol–water partition coefficient (Wildman–Crippen LogP) is 4.69. The lowest BCUT2D eigenvalue weighted by Gasteiger charge is -2.28. The van der Waals surface area contributed by atoms with E-state index in [4.69, 9.17) is 9.47 Å². The van der Waals surface area contributed by atoms with E-state index in [0.29, 0.717) is 23.0 Å². The van der Waals surface area contributed by atoms with Crippen LogP contribution in [0, 0.1) is 30.1 Å². The summed E-state index contributed by atoms with van der Waals surface area (Å²) in [6, 6.07) is 7.19. The van der Waals surface area contributed by atoms with Crippen molar-refractivity contribution in [3.63, 3.8) is 0 Å². The summed E-state index contributed by atoms with van der Waals surface area (Å²) in [5.41, 5.74) is 0.349. The molecule has 0 spiro atoms. The fourth-order valence-electron chi connectivity index (χ4n) is 5.02. The summed E-state index contributed by atoms with van der Waals surface area (Å²) >= 11 is 0. The molecule has 4 rings (SSSR count). The molecule has 0 saturated heterocycles. The molecule has 33 heavy (non-hydrogen) atoms. The average Bonchev–Trinajstić information content (AvgIpc) is 3.29. The van der Waals surface area contributed by atoms with Crippen molar-refractivity contribution in [2.45, 2.75) is 65.3 Å². The first kappa shape index (κ1) is 22.9. The Morgan fingerprint density at radius 2 is 1.94 bits per heavy atom. The zero-order chi connectivity index (χ0) is 23.5. The molecule has 1 N–H and O–H groups in total. The molecule has 1 saturated carbocycles. The van der Waals surface area contributed by atoms with Gasteiger partial charge in [0.2, 0.25) is 12.7 Å². The fraction of sp³-hybridized carbons (Fsp3) is 0.500. The second kappa shape index (κ2) is 9.70. The number of ether oxygens (including phenoxy) is 2. The molecule has 2 aliphatic rings. The molecule has 1 aromatic carbocycles. The highest BCUT2D eigenvalue weighted by Crippen LogP contribution is 2.37. The molecule has 0 radical (unpaired) electrons. The number of nitrogens with zero attached hydrogens (tertiary/aromatic N) is 2. The number of hydrogen-bond acceptors (Lipinski definition) is 6. The molecular weight excluding hydrogens is 420 g/mol. The van der Waals surface area contributed by atoms with Crippen LogP contribution in [0.5, 0.6) is 17.4 Å². The van der Waals surface area contributed by atoms with E-state index in [9.17, 15) is 20.0 Å². The highest BCUT2D eigenvalue weighted by Gasteiger charge is 2.32. The SMILES string of the molecule is CCCCC1CCC(C(=O)c2c(C)c(C#N)c(=O)n(Cc3ccc4c(c3)OCO4)c2O)CC1. The molecule has 1 aliphatic carbocycles. The lowest BCUT2D eigenvalue weighted by atomic mass is 9.76. The van der Waals surface area contributed by atoms with Gasteiger partial charge in [-0.1, -0.05) is 32.3 Å². The monoisotopic (exact) mass is 450 g/mol. The van der Waals surface area contributed by atoms with Gasteiger partial charge in [0, 0.05) is 5.92 Å². The van der Waals surface area contributed by atoms with Gasteiger partial charge in [0.05, 0.1) is 12.1 Å². The Kier molecular flexibility index (Phi) is 6.73. The number of nitriles is 1. The first-order valence-corrected chi connectivity index (χ1v) is 11.7. The minimum Gasteiger partial charge on any atom is -0.494 e. The smallest absolute Gasteiger partial charge is 0.271 e. The molecule has 0 bridgehead atoms. The number of aromatic hydroxyl groups is 1. The van der Waals surface area contributed by atoms with Gasteiger partial charge < -0.3 is 14.6 Å². The van der Waals surface area contributed by atoms with E-state index in [2.05, 4.69) is 6.92 Å². The fourth-order valence-corrected chi connectivity index (χ4v) is 5.02. The number of hydrogen-bond donors (Lipinski definition) is 1. The van der Waals surface area contributed by atoms with Crippen molar-refractivity contribution >= 4 is 5.78 Å². The number of Topliss-reactive ketones (excluding diaryl/α,β-unsaturated/α-hetero) is 1. The number of carbonyl (C=O) groups excluding carboxylic acids is 1. The van der Waals surface area contributed by atoms with Crippen LogP contribution in [0.3, 0.4) is 0 Å². The highest BCUT2D eigenvalue weighted by atomic mass is 16.7. The van der Waals surface area contributed by atoms with Gasteiger partial charge in [0.15, 0.2) is 17.3 Å². The molecule has 2 heterocycles. The minimum absolute atomic E-state index is 0.0142. The largest absolute Gasteiger partial charge is 0.494 e. The van der Waals surface area contributed by atoms with Gasteiger partial charge in [0.1, 0.15) is 11.6 Å². The lowest BCUT2D eigenvalue weighted by Crippen LogP contribution is -2.29. The van der Waals surface area contributed by atoms with Crippen LogP contribution in [0.25, 0.3) is 0 Å². The summed E-state index contributed by atoms with van der Waals surface area (Å²) in [4.78, 5) is 26.5. The maximum absolute atomic E-state index is 13.5. The van der Waals surface area contributed by atoms with E-state index in [0.717, 1.165) is 30.3 Å². The van der Waals surface area contributed by atoms with Crippen LogP contribution in [0.4, 0.5) is 0 Å². The molecule has 2 aromatic rings. The predicted molar refractivity (Wildman–Crippen MR) is 123 cm³/mol. The number of aromatic nitrogens is 1. The van der Waals surface area contributed by atoms with E-state index >= 15 is 0 Å². The van der Waals surface area contributed by atoms with Gasteiger partial charge in [-0.05, 0) is 61.8 Å². The summed E-state index contributed by atoms with van der Waals surface area (Å²) in [7, 11) is 0. The Labute approximate surface area is 193 Å². The van der Waals surface area contributed by atoms with Crippen LogP contribution >= 0.6 is 0 Å². The van der Waals surface area contributed by atoms with Crippen molar-refractivity contribution in [1.82, 2.24) is 4.57 Å². The maximum atomic E-state index is 13.5. The van der Waals surface area contributed by atoms with E-state index in [1.807, 2.05) is 6.07 Å². The quantitative estimate of drug-likeness (QED) is 0.614. The number of fused-ring (bicyclic) bond motifs is 1. The second-order valence-electron chi connectivity index (χ2n) is 9.11. The number of pyridine rings is 1. The second-order valence-corrected chi connectivity index (χ2v) is 9.11. The average molecular weight is 451 g/mol. The molecule has 7 heteroatoms. The number of benzene rings is 1. The van der Waals surface area contributed by atoms with Crippen molar-refractivity contribution in [1.29, 1.82) is 5.26 Å². The summed E-state index contributed by atoms with van der Waals surface area (Å²) in [6.07, 6.45) is 7.12. The van der Waals surface area contributed by atoms with Gasteiger partial charge in [-0.15, -0.1) is 0 Å². The summed E-state index contributed by atoms with van der Waals surface area (Å²) in [5.74, 6) is 1.09. The van der Waals surface area contributed by atoms with Gasteiger partial charge in [-0.3, -0.25) is 14.2 Å². The van der Waals surface area contributed by atoms with Gasteiger partial charge >= 0.3 is 0 Å². The lowest BCUT2D eigenvalue weighted by molar-refractivity contribution is 0.0864. The Hall–Kier alpha value is -3.27. The third-order valence-electron chi connectivity index (χ3n) is 7.01. The molecule has 0 unspecified atom stereocenters. The maximum Gasteiger partial charge on any atom is 0.271 e. The van der Waals surface area contributed by atoms with Crippen molar-refractivity contribution in [3.8, 4) is 23.4 Å². The molecule has 7 nitrogen and oxygen atoms in total. The Bertz CT molecular complexity index is 1150. The van der Waals surface area contributed by atoms with Crippen molar-refractivity contribution in [2.75, 3.05) is 6.79 Å². The normalized spacial score (nSPS) is 19.3. The molecule has 1 aliphatic heterocycles. The van der Waals surface area contributed by atoms with Crippen LogP contribution in [0.15, 0.2) is 23.0 Å². The Morgan fingerprint density at radius 1 is 1.21 bits per heavy atom. The Balaban J connectivity index is 1.64. The standard InChI is InChI=1S/C26H30N2O5/c1-3-4-5-17-6-9-19(10-7-17)24(29)23-16(2)20(13-27)25(30)28(26(23)31)14-18-8-11-21-22(12-18)33-15-32-21/h8,11-12,17,19,31H,3-7,9-10,14-15H2,1-2H3. The van der Waals surface area contributed by atoms with Crippen molar-refractivity contribution in [3.05, 3.63) is 50.8 Å². The van der Waals surface area contributed by atoms with Crippen LogP contribution in [0.1, 0.15) is 78.9 Å². The van der Waals surface area contributed by atoms with Crippen LogP contribution in [0.2, 0.25) is 0 Å². The topological polar surface area (TPSA) is 102 Å².